The summed E-state index contributed by atoms with van der Waals surface area (Å²) in [5.74, 6) is 1.09. The molecular formula is C12H14BrN5S. The van der Waals surface area contributed by atoms with Crippen molar-refractivity contribution in [2.45, 2.75) is 42.3 Å². The van der Waals surface area contributed by atoms with E-state index in [0.29, 0.717) is 5.69 Å². The highest BCUT2D eigenvalue weighted by atomic mass is 79.9. The zero-order valence-corrected chi connectivity index (χ0v) is 12.7. The van der Waals surface area contributed by atoms with Gasteiger partial charge in [0.25, 0.3) is 0 Å². The van der Waals surface area contributed by atoms with Gasteiger partial charge in [-0.05, 0) is 40.5 Å². The van der Waals surface area contributed by atoms with Gasteiger partial charge in [0.15, 0.2) is 5.16 Å². The van der Waals surface area contributed by atoms with E-state index in [1.165, 1.54) is 19.3 Å². The Balaban J connectivity index is 1.94. The van der Waals surface area contributed by atoms with Crippen LogP contribution in [0.15, 0.2) is 26.9 Å². The minimum atomic E-state index is 0.658. The number of hydrogen-bond donors (Lipinski definition) is 1. The zero-order chi connectivity index (χ0) is 13.2. The molecule has 3 rings (SSSR count). The maximum Gasteiger partial charge on any atom is 0.196 e. The predicted molar refractivity (Wildman–Crippen MR) is 78.0 cm³/mol. The number of halogens is 1. The molecule has 0 radical (unpaired) electrons. The van der Waals surface area contributed by atoms with Gasteiger partial charge in [-0.2, -0.15) is 0 Å². The van der Waals surface area contributed by atoms with E-state index in [1.807, 2.05) is 0 Å². The van der Waals surface area contributed by atoms with Gasteiger partial charge in [-0.15, -0.1) is 10.2 Å². The summed E-state index contributed by atoms with van der Waals surface area (Å²) in [7, 11) is 0. The lowest BCUT2D eigenvalue weighted by atomic mass is 10.2. The third kappa shape index (κ3) is 2.62. The van der Waals surface area contributed by atoms with Crippen molar-refractivity contribution in [3.05, 3.63) is 22.7 Å². The SMILES string of the molecule is Nc1cncc(Br)c1Sc1nnc2n1CCCCC2. The van der Waals surface area contributed by atoms with Crippen molar-refractivity contribution in [2.24, 2.45) is 0 Å². The molecule has 0 amide bonds. The van der Waals surface area contributed by atoms with Gasteiger partial charge < -0.3 is 10.3 Å². The van der Waals surface area contributed by atoms with Crippen molar-refractivity contribution in [1.29, 1.82) is 0 Å². The third-order valence-electron chi connectivity index (χ3n) is 3.15. The number of rotatable bonds is 2. The monoisotopic (exact) mass is 339 g/mol. The highest BCUT2D eigenvalue weighted by Gasteiger charge is 2.17. The molecule has 1 aliphatic heterocycles. The molecule has 0 bridgehead atoms. The van der Waals surface area contributed by atoms with Crippen LogP contribution < -0.4 is 5.73 Å². The number of fused-ring (bicyclic) bond motifs is 1. The fourth-order valence-corrected chi connectivity index (χ4v) is 3.65. The summed E-state index contributed by atoms with van der Waals surface area (Å²) in [5.41, 5.74) is 6.63. The lowest BCUT2D eigenvalue weighted by Crippen LogP contribution is -2.02. The molecule has 1 aliphatic rings. The molecule has 0 aromatic carbocycles. The number of nitrogens with two attached hydrogens (primary N) is 1. The molecule has 2 N–H and O–H groups in total. The molecular weight excluding hydrogens is 326 g/mol. The molecule has 0 unspecified atom stereocenters. The van der Waals surface area contributed by atoms with E-state index in [0.717, 1.165) is 33.3 Å². The first-order valence-electron chi connectivity index (χ1n) is 6.24. The Morgan fingerprint density at radius 1 is 1.21 bits per heavy atom. The molecule has 2 aromatic rings. The van der Waals surface area contributed by atoms with Gasteiger partial charge in [0.05, 0.1) is 21.3 Å². The number of aromatic nitrogens is 4. The van der Waals surface area contributed by atoms with Crippen LogP contribution in [-0.2, 0) is 13.0 Å². The fraction of sp³-hybridized carbons (Fsp3) is 0.417. The average Bonchev–Trinajstić information content (AvgIpc) is 2.62. The van der Waals surface area contributed by atoms with Gasteiger partial charge in [0.2, 0.25) is 0 Å². The second-order valence-corrected chi connectivity index (χ2v) is 6.33. The van der Waals surface area contributed by atoms with Crippen molar-refractivity contribution < 1.29 is 0 Å². The predicted octanol–water partition coefficient (Wildman–Crippen LogP) is 2.90. The lowest BCUT2D eigenvalue weighted by Gasteiger charge is -2.08. The second kappa shape index (κ2) is 5.50. The Morgan fingerprint density at radius 2 is 2.11 bits per heavy atom. The number of nitrogens with zero attached hydrogens (tertiary/aromatic N) is 4. The Labute approximate surface area is 124 Å². The summed E-state index contributed by atoms with van der Waals surface area (Å²) >= 11 is 5.03. The van der Waals surface area contributed by atoms with Crippen LogP contribution >= 0.6 is 27.7 Å². The minimum Gasteiger partial charge on any atom is -0.397 e. The average molecular weight is 340 g/mol. The van der Waals surface area contributed by atoms with Crippen molar-refractivity contribution in [3.8, 4) is 0 Å². The molecule has 7 heteroatoms. The molecule has 19 heavy (non-hydrogen) atoms. The Bertz CT molecular complexity index is 578. The molecule has 0 aliphatic carbocycles. The van der Waals surface area contributed by atoms with E-state index in [-0.39, 0.29) is 0 Å². The summed E-state index contributed by atoms with van der Waals surface area (Å²) < 4.78 is 3.10. The van der Waals surface area contributed by atoms with E-state index in [1.54, 1.807) is 24.2 Å². The van der Waals surface area contributed by atoms with Crippen LogP contribution in [0.5, 0.6) is 0 Å². The van der Waals surface area contributed by atoms with Gasteiger partial charge in [0.1, 0.15) is 5.82 Å². The first-order chi connectivity index (χ1) is 9.25. The number of pyridine rings is 1. The smallest absolute Gasteiger partial charge is 0.196 e. The first kappa shape index (κ1) is 12.9. The van der Waals surface area contributed by atoms with E-state index in [2.05, 4.69) is 35.7 Å². The summed E-state index contributed by atoms with van der Waals surface area (Å²) in [5, 5.41) is 9.50. The van der Waals surface area contributed by atoms with Crippen molar-refractivity contribution >= 4 is 33.4 Å². The van der Waals surface area contributed by atoms with Crippen LogP contribution in [0.1, 0.15) is 25.1 Å². The molecule has 0 saturated heterocycles. The zero-order valence-electron chi connectivity index (χ0n) is 10.3. The summed E-state index contributed by atoms with van der Waals surface area (Å²) in [6.45, 7) is 0.993. The third-order valence-corrected chi connectivity index (χ3v) is 5.16. The summed E-state index contributed by atoms with van der Waals surface area (Å²) in [6.07, 6.45) is 8.07. The quantitative estimate of drug-likeness (QED) is 0.910. The minimum absolute atomic E-state index is 0.658. The van der Waals surface area contributed by atoms with Gasteiger partial charge in [-0.3, -0.25) is 4.98 Å². The second-order valence-electron chi connectivity index (χ2n) is 4.50. The first-order valence-corrected chi connectivity index (χ1v) is 7.85. The molecule has 0 saturated carbocycles. The molecule has 0 spiro atoms. The van der Waals surface area contributed by atoms with E-state index >= 15 is 0 Å². The Hall–Kier alpha value is -1.08. The van der Waals surface area contributed by atoms with E-state index in [9.17, 15) is 0 Å². The maximum atomic E-state index is 5.97. The number of anilines is 1. The van der Waals surface area contributed by atoms with Crippen molar-refractivity contribution in [2.75, 3.05) is 5.73 Å². The number of nitrogen functional groups attached to an aromatic ring is 1. The summed E-state index contributed by atoms with van der Waals surface area (Å²) in [4.78, 5) is 5.00. The largest absolute Gasteiger partial charge is 0.397 e. The Kier molecular flexibility index (Phi) is 3.74. The number of hydrogen-bond acceptors (Lipinski definition) is 5. The van der Waals surface area contributed by atoms with Gasteiger partial charge in [-0.1, -0.05) is 6.42 Å². The standard InChI is InChI=1S/C12H14BrN5S/c13-8-6-15-7-9(14)11(8)19-12-17-16-10-4-2-1-3-5-18(10)12/h6-7H,1-5,14H2. The van der Waals surface area contributed by atoms with Crippen LogP contribution in [0.25, 0.3) is 0 Å². The van der Waals surface area contributed by atoms with E-state index in [4.69, 9.17) is 5.73 Å². The number of aryl methyl sites for hydroxylation is 1. The topological polar surface area (TPSA) is 69.6 Å². The van der Waals surface area contributed by atoms with Crippen LogP contribution in [0.2, 0.25) is 0 Å². The molecule has 0 atom stereocenters. The van der Waals surface area contributed by atoms with Crippen LogP contribution in [-0.4, -0.2) is 19.7 Å². The lowest BCUT2D eigenvalue weighted by molar-refractivity contribution is 0.591. The fourth-order valence-electron chi connectivity index (χ4n) is 2.17. The van der Waals surface area contributed by atoms with Gasteiger partial charge in [-0.25, -0.2) is 0 Å². The Morgan fingerprint density at radius 3 is 2.95 bits per heavy atom. The molecule has 0 fully saturated rings. The maximum absolute atomic E-state index is 5.97. The van der Waals surface area contributed by atoms with Crippen LogP contribution in [0, 0.1) is 0 Å². The van der Waals surface area contributed by atoms with Crippen LogP contribution in [0.3, 0.4) is 0 Å². The molecule has 3 heterocycles. The summed E-state index contributed by atoms with van der Waals surface area (Å²) in [6, 6.07) is 0. The molecule has 100 valence electrons. The van der Waals surface area contributed by atoms with Crippen molar-refractivity contribution in [1.82, 2.24) is 19.7 Å². The van der Waals surface area contributed by atoms with Crippen molar-refractivity contribution in [3.63, 3.8) is 0 Å². The molecule has 2 aromatic heterocycles. The van der Waals surface area contributed by atoms with Gasteiger partial charge >= 0.3 is 0 Å². The van der Waals surface area contributed by atoms with Crippen LogP contribution in [0.4, 0.5) is 5.69 Å². The molecule has 5 nitrogen and oxygen atoms in total. The normalized spacial score (nSPS) is 15.0. The van der Waals surface area contributed by atoms with E-state index < -0.39 is 0 Å². The van der Waals surface area contributed by atoms with Gasteiger partial charge in [0, 0.05) is 19.2 Å². The highest BCUT2D eigenvalue weighted by molar-refractivity contribution is 9.10. The highest BCUT2D eigenvalue weighted by Crippen LogP contribution is 2.36.